The van der Waals surface area contributed by atoms with E-state index in [0.717, 1.165) is 30.9 Å². The van der Waals surface area contributed by atoms with Crippen molar-refractivity contribution in [3.05, 3.63) is 82.9 Å². The largest absolute Gasteiger partial charge is 0.433 e. The number of fused-ring (bicyclic) bond motifs is 1. The molecule has 1 amide bonds. The molecule has 6 nitrogen and oxygen atoms in total. The van der Waals surface area contributed by atoms with E-state index in [-0.39, 0.29) is 23.1 Å². The van der Waals surface area contributed by atoms with E-state index in [1.54, 1.807) is 47.6 Å². The molecule has 3 aromatic heterocycles. The molecule has 0 aliphatic carbocycles. The molecule has 0 radical (unpaired) electrons. The van der Waals surface area contributed by atoms with E-state index in [1.807, 2.05) is 6.07 Å². The first-order valence-electron chi connectivity index (χ1n) is 10.8. The number of benzene rings is 1. The number of piperidine rings is 1. The van der Waals surface area contributed by atoms with Gasteiger partial charge in [-0.05, 0) is 49.1 Å². The number of carbonyl (C=O) groups excluding carboxylic acids is 1. The minimum absolute atomic E-state index is 0.0573. The summed E-state index contributed by atoms with van der Waals surface area (Å²) in [6.45, 7) is 0.488. The fourth-order valence-corrected chi connectivity index (χ4v) is 4.42. The molecule has 1 aliphatic heterocycles. The third-order valence-corrected chi connectivity index (χ3v) is 6.16. The van der Waals surface area contributed by atoms with Crippen LogP contribution < -0.4 is 0 Å². The van der Waals surface area contributed by atoms with E-state index >= 15 is 0 Å². The van der Waals surface area contributed by atoms with Crippen LogP contribution in [0.25, 0.3) is 16.9 Å². The second-order valence-electron chi connectivity index (χ2n) is 8.13. The normalized spacial score (nSPS) is 16.7. The molecule has 10 heteroatoms. The summed E-state index contributed by atoms with van der Waals surface area (Å²) in [6.07, 6.45) is 1.17. The van der Waals surface area contributed by atoms with Crippen molar-refractivity contribution in [3.8, 4) is 11.3 Å². The minimum atomic E-state index is -4.70. The first-order valence-corrected chi connectivity index (χ1v) is 11.1. The Hall–Kier alpha value is -3.46. The Labute approximate surface area is 198 Å². The molecule has 1 atom stereocenters. The summed E-state index contributed by atoms with van der Waals surface area (Å²) in [5.74, 6) is -0.430. The Morgan fingerprint density at radius 2 is 1.88 bits per heavy atom. The van der Waals surface area contributed by atoms with Gasteiger partial charge in [-0.1, -0.05) is 29.8 Å². The van der Waals surface area contributed by atoms with Gasteiger partial charge in [-0.25, -0.2) is 9.50 Å². The van der Waals surface area contributed by atoms with E-state index in [2.05, 4.69) is 15.1 Å². The van der Waals surface area contributed by atoms with Gasteiger partial charge < -0.3 is 4.90 Å². The Bertz CT molecular complexity index is 1340. The standard InChI is InChI=1S/C24H19ClF3N5O/c25-17-8-6-15(7-9-17)18-12-21(24(26,27)28)33-22(30-18)13-19(31-33)23(34)32-11-2-1-5-20(32)16-4-3-10-29-14-16/h3-4,6-10,12-14,20H,1-2,5,11H2. The van der Waals surface area contributed by atoms with Crippen molar-refractivity contribution in [2.45, 2.75) is 31.5 Å². The van der Waals surface area contributed by atoms with Crippen LogP contribution in [0.1, 0.15) is 47.1 Å². The van der Waals surface area contributed by atoms with Crippen LogP contribution in [0, 0.1) is 0 Å². The van der Waals surface area contributed by atoms with Crippen LogP contribution in [0.2, 0.25) is 5.02 Å². The van der Waals surface area contributed by atoms with Crippen molar-refractivity contribution < 1.29 is 18.0 Å². The Morgan fingerprint density at radius 3 is 2.59 bits per heavy atom. The Balaban J connectivity index is 1.57. The summed E-state index contributed by atoms with van der Waals surface area (Å²) < 4.78 is 42.4. The van der Waals surface area contributed by atoms with Gasteiger partial charge in [0.25, 0.3) is 5.91 Å². The van der Waals surface area contributed by atoms with Gasteiger partial charge in [0, 0.05) is 35.6 Å². The smallest absolute Gasteiger partial charge is 0.330 e. The number of carbonyl (C=O) groups is 1. The van der Waals surface area contributed by atoms with Crippen molar-refractivity contribution in [2.24, 2.45) is 0 Å². The predicted molar refractivity (Wildman–Crippen MR) is 120 cm³/mol. The van der Waals surface area contributed by atoms with Crippen LogP contribution in [-0.2, 0) is 6.18 Å². The first kappa shape index (κ1) is 22.3. The molecule has 1 fully saturated rings. The van der Waals surface area contributed by atoms with Crippen LogP contribution in [0.5, 0.6) is 0 Å². The molecule has 1 aliphatic rings. The van der Waals surface area contributed by atoms with Gasteiger partial charge in [0.1, 0.15) is 0 Å². The number of nitrogens with zero attached hydrogens (tertiary/aromatic N) is 5. The number of halogens is 4. The number of rotatable bonds is 3. The maximum atomic E-state index is 13.9. The second kappa shape index (κ2) is 8.72. The maximum Gasteiger partial charge on any atom is 0.433 e. The second-order valence-corrected chi connectivity index (χ2v) is 8.56. The fraction of sp³-hybridized carbons (Fsp3) is 0.250. The van der Waals surface area contributed by atoms with E-state index in [9.17, 15) is 18.0 Å². The number of aromatic nitrogens is 4. The summed E-state index contributed by atoms with van der Waals surface area (Å²) in [6, 6.07) is 12.1. The molecule has 1 aromatic carbocycles. The highest BCUT2D eigenvalue weighted by molar-refractivity contribution is 6.30. The molecular formula is C24H19ClF3N5O. The van der Waals surface area contributed by atoms with Crippen molar-refractivity contribution in [2.75, 3.05) is 6.54 Å². The van der Waals surface area contributed by atoms with Crippen molar-refractivity contribution in [1.29, 1.82) is 0 Å². The highest BCUT2D eigenvalue weighted by Crippen LogP contribution is 2.34. The fourth-order valence-electron chi connectivity index (χ4n) is 4.29. The molecule has 5 rings (SSSR count). The predicted octanol–water partition coefficient (Wildman–Crippen LogP) is 5.83. The number of hydrogen-bond acceptors (Lipinski definition) is 4. The minimum Gasteiger partial charge on any atom is -0.330 e. The maximum absolute atomic E-state index is 13.9. The molecule has 34 heavy (non-hydrogen) atoms. The van der Waals surface area contributed by atoms with E-state index in [1.165, 1.54) is 6.07 Å². The van der Waals surface area contributed by atoms with Gasteiger partial charge in [0.15, 0.2) is 17.0 Å². The molecule has 0 saturated carbocycles. The van der Waals surface area contributed by atoms with Crippen LogP contribution in [-0.4, -0.2) is 36.9 Å². The molecule has 174 valence electrons. The lowest BCUT2D eigenvalue weighted by Gasteiger charge is -2.35. The van der Waals surface area contributed by atoms with Crippen LogP contribution >= 0.6 is 11.6 Å². The van der Waals surface area contributed by atoms with E-state index in [4.69, 9.17) is 11.6 Å². The summed E-state index contributed by atoms with van der Waals surface area (Å²) >= 11 is 5.91. The number of pyridine rings is 1. The van der Waals surface area contributed by atoms with E-state index < -0.39 is 17.8 Å². The van der Waals surface area contributed by atoms with Gasteiger partial charge in [-0.2, -0.15) is 18.3 Å². The average molecular weight is 486 g/mol. The third kappa shape index (κ3) is 4.23. The van der Waals surface area contributed by atoms with Gasteiger partial charge in [-0.15, -0.1) is 0 Å². The van der Waals surface area contributed by atoms with Crippen LogP contribution in [0.4, 0.5) is 13.2 Å². The number of alkyl halides is 3. The monoisotopic (exact) mass is 485 g/mol. The van der Waals surface area contributed by atoms with Gasteiger partial charge >= 0.3 is 6.18 Å². The Kier molecular flexibility index (Phi) is 5.73. The molecule has 4 aromatic rings. The molecule has 0 bridgehead atoms. The highest BCUT2D eigenvalue weighted by atomic mass is 35.5. The zero-order chi connectivity index (χ0) is 23.9. The SMILES string of the molecule is O=C(c1cc2nc(-c3ccc(Cl)cc3)cc(C(F)(F)F)n2n1)N1CCCCC1c1cccnc1. The topological polar surface area (TPSA) is 63.4 Å². The van der Waals surface area contributed by atoms with E-state index in [0.29, 0.717) is 21.6 Å². The quantitative estimate of drug-likeness (QED) is 0.366. The molecule has 4 heterocycles. The third-order valence-electron chi connectivity index (χ3n) is 5.91. The summed E-state index contributed by atoms with van der Waals surface area (Å²) in [5, 5.41) is 4.50. The molecule has 1 unspecified atom stereocenters. The zero-order valence-electron chi connectivity index (χ0n) is 17.8. The van der Waals surface area contributed by atoms with Crippen molar-refractivity contribution >= 4 is 23.2 Å². The lowest BCUT2D eigenvalue weighted by Crippen LogP contribution is -2.38. The lowest BCUT2D eigenvalue weighted by atomic mass is 9.96. The molecule has 0 N–H and O–H groups in total. The molecule has 1 saturated heterocycles. The lowest BCUT2D eigenvalue weighted by molar-refractivity contribution is -0.142. The highest BCUT2D eigenvalue weighted by Gasteiger charge is 2.36. The van der Waals surface area contributed by atoms with Gasteiger partial charge in [-0.3, -0.25) is 9.78 Å². The van der Waals surface area contributed by atoms with Crippen molar-refractivity contribution in [3.63, 3.8) is 0 Å². The van der Waals surface area contributed by atoms with Crippen molar-refractivity contribution in [1.82, 2.24) is 24.5 Å². The summed E-state index contributed by atoms with van der Waals surface area (Å²) in [5.41, 5.74) is 0.322. The first-order chi connectivity index (χ1) is 16.3. The molecule has 0 spiro atoms. The Morgan fingerprint density at radius 1 is 1.09 bits per heavy atom. The number of amides is 1. The van der Waals surface area contributed by atoms with Crippen LogP contribution in [0.3, 0.4) is 0 Å². The zero-order valence-corrected chi connectivity index (χ0v) is 18.6. The van der Waals surface area contributed by atoms with Crippen LogP contribution in [0.15, 0.2) is 60.9 Å². The average Bonchev–Trinajstić information content (AvgIpc) is 3.27. The van der Waals surface area contributed by atoms with Gasteiger partial charge in [0.2, 0.25) is 0 Å². The number of likely N-dealkylation sites (tertiary alicyclic amines) is 1. The number of hydrogen-bond donors (Lipinski definition) is 0. The van der Waals surface area contributed by atoms with Gasteiger partial charge in [0.05, 0.1) is 11.7 Å². The molecular weight excluding hydrogens is 467 g/mol. The summed E-state index contributed by atoms with van der Waals surface area (Å²) in [4.78, 5) is 23.6. The summed E-state index contributed by atoms with van der Waals surface area (Å²) in [7, 11) is 0.